The van der Waals surface area contributed by atoms with E-state index in [2.05, 4.69) is 20.4 Å². The number of piperazine rings is 1. The summed E-state index contributed by atoms with van der Waals surface area (Å²) in [6.07, 6.45) is 0. The van der Waals surface area contributed by atoms with Crippen molar-refractivity contribution < 1.29 is 17.7 Å². The lowest BCUT2D eigenvalue weighted by atomic mass is 10.2. The molecule has 3 heterocycles. The molecule has 2 aliphatic rings. The fourth-order valence-corrected chi connectivity index (χ4v) is 4.96. The number of hydrogen-bond donors (Lipinski definition) is 1. The van der Waals surface area contributed by atoms with E-state index in [-0.39, 0.29) is 29.2 Å². The summed E-state index contributed by atoms with van der Waals surface area (Å²) in [6.45, 7) is 3.99. The highest BCUT2D eigenvalue weighted by Gasteiger charge is 2.31. The van der Waals surface area contributed by atoms with E-state index in [1.54, 1.807) is 24.3 Å². The zero-order valence-electron chi connectivity index (χ0n) is 15.6. The van der Waals surface area contributed by atoms with Gasteiger partial charge >= 0.3 is 0 Å². The summed E-state index contributed by atoms with van der Waals surface area (Å²) in [5, 5.41) is 7.42. The topological polar surface area (TPSA) is 101 Å². The third-order valence-electron chi connectivity index (χ3n) is 4.96. The largest absolute Gasteiger partial charge is 0.379 e. The summed E-state index contributed by atoms with van der Waals surface area (Å²) < 4.78 is 38.4. The van der Waals surface area contributed by atoms with Crippen molar-refractivity contribution in [1.29, 1.82) is 0 Å². The lowest BCUT2D eigenvalue weighted by Gasteiger charge is -2.30. The standard InChI is InChI=1S/C17H23N5O4S.ClH/c1-21-7-6-18-12-14(21)16-19-17(26-20-16)13-4-2-3-5-15(13)27(23,24)22-8-10-25-11-9-22;/h2-5,14,18H,6-12H2,1H3;1H. The van der Waals surface area contributed by atoms with Crippen LogP contribution >= 0.6 is 12.4 Å². The van der Waals surface area contributed by atoms with Crippen LogP contribution in [0.2, 0.25) is 0 Å². The predicted octanol–water partition coefficient (Wildman–Crippen LogP) is 0.755. The molecule has 154 valence electrons. The van der Waals surface area contributed by atoms with E-state index in [9.17, 15) is 8.42 Å². The average Bonchev–Trinajstić information content (AvgIpc) is 3.19. The average molecular weight is 430 g/mol. The molecule has 0 bridgehead atoms. The van der Waals surface area contributed by atoms with Gasteiger partial charge in [-0.25, -0.2) is 8.42 Å². The van der Waals surface area contributed by atoms with Crippen molar-refractivity contribution in [2.75, 3.05) is 53.0 Å². The summed E-state index contributed by atoms with van der Waals surface area (Å²) >= 11 is 0. The van der Waals surface area contributed by atoms with E-state index in [0.29, 0.717) is 37.7 Å². The molecule has 2 aromatic rings. The van der Waals surface area contributed by atoms with E-state index >= 15 is 0 Å². The Morgan fingerprint density at radius 1 is 1.18 bits per heavy atom. The first-order chi connectivity index (χ1) is 13.1. The Bertz CT molecular complexity index is 900. The Hall–Kier alpha value is -1.56. The van der Waals surface area contributed by atoms with Gasteiger partial charge in [-0.05, 0) is 19.2 Å². The number of nitrogens with zero attached hydrogens (tertiary/aromatic N) is 4. The molecule has 11 heteroatoms. The third-order valence-corrected chi connectivity index (χ3v) is 6.91. The lowest BCUT2D eigenvalue weighted by molar-refractivity contribution is 0.0730. The number of likely N-dealkylation sites (N-methyl/N-ethyl adjacent to an activating group) is 1. The van der Waals surface area contributed by atoms with Crippen molar-refractivity contribution in [3.05, 3.63) is 30.1 Å². The van der Waals surface area contributed by atoms with E-state index in [1.165, 1.54) is 4.31 Å². The van der Waals surface area contributed by atoms with Crippen LogP contribution < -0.4 is 5.32 Å². The maximum atomic E-state index is 13.1. The molecule has 2 aliphatic heterocycles. The number of morpholine rings is 1. The van der Waals surface area contributed by atoms with Crippen LogP contribution in [0.25, 0.3) is 11.5 Å². The third kappa shape index (κ3) is 4.07. The molecule has 0 saturated carbocycles. The molecule has 1 atom stereocenters. The monoisotopic (exact) mass is 429 g/mol. The van der Waals surface area contributed by atoms with Gasteiger partial charge in [-0.3, -0.25) is 4.90 Å². The van der Waals surface area contributed by atoms with Crippen molar-refractivity contribution in [2.45, 2.75) is 10.9 Å². The van der Waals surface area contributed by atoms with Gasteiger partial charge in [-0.1, -0.05) is 17.3 Å². The molecule has 4 rings (SSSR count). The van der Waals surface area contributed by atoms with Crippen LogP contribution in [0.5, 0.6) is 0 Å². The van der Waals surface area contributed by atoms with Crippen molar-refractivity contribution in [3.8, 4) is 11.5 Å². The van der Waals surface area contributed by atoms with Crippen molar-refractivity contribution in [3.63, 3.8) is 0 Å². The zero-order valence-corrected chi connectivity index (χ0v) is 17.2. The van der Waals surface area contributed by atoms with Crippen LogP contribution in [-0.4, -0.2) is 80.7 Å². The molecule has 1 aromatic heterocycles. The highest BCUT2D eigenvalue weighted by Crippen LogP contribution is 2.30. The summed E-state index contributed by atoms with van der Waals surface area (Å²) in [5.41, 5.74) is 0.425. The first-order valence-corrected chi connectivity index (χ1v) is 10.4. The summed E-state index contributed by atoms with van der Waals surface area (Å²) in [6, 6.07) is 6.75. The van der Waals surface area contributed by atoms with Crippen LogP contribution in [0, 0.1) is 0 Å². The Kier molecular flexibility index (Phi) is 6.69. The normalized spacial score (nSPS) is 22.0. The second-order valence-corrected chi connectivity index (χ2v) is 8.58. The van der Waals surface area contributed by atoms with Gasteiger partial charge in [0.25, 0.3) is 5.89 Å². The Morgan fingerprint density at radius 2 is 1.93 bits per heavy atom. The van der Waals surface area contributed by atoms with E-state index in [0.717, 1.165) is 19.6 Å². The van der Waals surface area contributed by atoms with Crippen LogP contribution in [0.4, 0.5) is 0 Å². The number of sulfonamides is 1. The van der Waals surface area contributed by atoms with Crippen LogP contribution in [-0.2, 0) is 14.8 Å². The molecular formula is C17H24ClN5O4S. The van der Waals surface area contributed by atoms with E-state index in [1.807, 2.05) is 7.05 Å². The van der Waals surface area contributed by atoms with Gasteiger partial charge in [0.15, 0.2) is 5.82 Å². The Balaban J connectivity index is 0.00000225. The zero-order chi connectivity index (χ0) is 18.9. The van der Waals surface area contributed by atoms with Crippen molar-refractivity contribution >= 4 is 22.4 Å². The van der Waals surface area contributed by atoms with Gasteiger partial charge in [-0.15, -0.1) is 12.4 Å². The summed E-state index contributed by atoms with van der Waals surface area (Å²) in [7, 11) is -1.65. The number of ether oxygens (including phenoxy) is 1. The number of benzene rings is 1. The van der Waals surface area contributed by atoms with Gasteiger partial charge in [0.05, 0.1) is 29.7 Å². The molecule has 0 aliphatic carbocycles. The molecule has 2 saturated heterocycles. The quantitative estimate of drug-likeness (QED) is 0.760. The first kappa shape index (κ1) is 21.2. The van der Waals surface area contributed by atoms with E-state index < -0.39 is 10.0 Å². The molecule has 0 spiro atoms. The molecule has 2 fully saturated rings. The number of nitrogens with one attached hydrogen (secondary N) is 1. The fourth-order valence-electron chi connectivity index (χ4n) is 3.37. The molecule has 0 amide bonds. The highest BCUT2D eigenvalue weighted by molar-refractivity contribution is 7.89. The number of rotatable bonds is 4. The van der Waals surface area contributed by atoms with Gasteiger partial charge in [0.2, 0.25) is 10.0 Å². The molecule has 1 unspecified atom stereocenters. The Labute approximate surface area is 170 Å². The van der Waals surface area contributed by atoms with Crippen molar-refractivity contribution in [1.82, 2.24) is 24.7 Å². The summed E-state index contributed by atoms with van der Waals surface area (Å²) in [4.78, 5) is 6.84. The molecule has 1 N–H and O–H groups in total. The number of hydrogen-bond acceptors (Lipinski definition) is 8. The molecule has 28 heavy (non-hydrogen) atoms. The van der Waals surface area contributed by atoms with E-state index in [4.69, 9.17) is 9.26 Å². The number of aromatic nitrogens is 2. The van der Waals surface area contributed by atoms with Crippen molar-refractivity contribution in [2.24, 2.45) is 0 Å². The number of halogens is 1. The van der Waals surface area contributed by atoms with Crippen LogP contribution in [0.1, 0.15) is 11.9 Å². The van der Waals surface area contributed by atoms with Gasteiger partial charge in [-0.2, -0.15) is 9.29 Å². The van der Waals surface area contributed by atoms with Gasteiger partial charge in [0, 0.05) is 32.7 Å². The van der Waals surface area contributed by atoms with Crippen LogP contribution in [0.15, 0.2) is 33.7 Å². The highest BCUT2D eigenvalue weighted by atomic mass is 35.5. The van der Waals surface area contributed by atoms with Gasteiger partial charge in [0.1, 0.15) is 0 Å². The minimum absolute atomic E-state index is 0. The maximum absolute atomic E-state index is 13.1. The fraction of sp³-hybridized carbons (Fsp3) is 0.529. The smallest absolute Gasteiger partial charge is 0.259 e. The predicted molar refractivity (Wildman–Crippen MR) is 105 cm³/mol. The first-order valence-electron chi connectivity index (χ1n) is 8.99. The lowest BCUT2D eigenvalue weighted by Crippen LogP contribution is -2.44. The SMILES string of the molecule is CN1CCNCC1c1noc(-c2ccccc2S(=O)(=O)N2CCOCC2)n1.Cl. The summed E-state index contributed by atoms with van der Waals surface area (Å²) in [5.74, 6) is 0.773. The van der Waals surface area contributed by atoms with Gasteiger partial charge < -0.3 is 14.6 Å². The molecule has 9 nitrogen and oxygen atoms in total. The second-order valence-electron chi connectivity index (χ2n) is 6.67. The Morgan fingerprint density at radius 3 is 2.68 bits per heavy atom. The minimum Gasteiger partial charge on any atom is -0.379 e. The minimum atomic E-state index is -3.66. The van der Waals surface area contributed by atoms with Crippen LogP contribution in [0.3, 0.4) is 0 Å². The molecule has 0 radical (unpaired) electrons. The molecule has 1 aromatic carbocycles. The molecular weight excluding hydrogens is 406 g/mol. The second kappa shape index (κ2) is 8.85. The maximum Gasteiger partial charge on any atom is 0.259 e.